The maximum Gasteiger partial charge on any atom is 0.221 e. The smallest absolute Gasteiger partial charge is 0.221 e. The van der Waals surface area contributed by atoms with Crippen LogP contribution < -0.4 is 5.32 Å². The van der Waals surface area contributed by atoms with Crippen molar-refractivity contribution in [3.05, 3.63) is 28.8 Å². The molecule has 0 aliphatic rings. The van der Waals surface area contributed by atoms with Crippen molar-refractivity contribution in [2.75, 3.05) is 5.32 Å². The monoisotopic (exact) mass is 283 g/mol. The van der Waals surface area contributed by atoms with E-state index < -0.39 is 0 Å². The Morgan fingerprint density at radius 3 is 2.25 bits per heavy atom. The van der Waals surface area contributed by atoms with Crippen LogP contribution in [0.4, 0.5) is 5.69 Å². The van der Waals surface area contributed by atoms with Crippen molar-refractivity contribution in [3.8, 4) is 0 Å². The molecule has 86 valence electrons. The fourth-order valence-corrected chi connectivity index (χ4v) is 2.48. The maximum absolute atomic E-state index is 10.9. The first-order valence-corrected chi connectivity index (χ1v) is 5.85. The van der Waals surface area contributed by atoms with Crippen LogP contribution in [0.25, 0.3) is 0 Å². The van der Waals surface area contributed by atoms with Gasteiger partial charge in [0.15, 0.2) is 0 Å². The largest absolute Gasteiger partial charge is 0.326 e. The molecule has 0 fully saturated rings. The Labute approximate surface area is 103 Å². The predicted octanol–water partition coefficient (Wildman–Crippen LogP) is 2.90. The van der Waals surface area contributed by atoms with Gasteiger partial charge in [0.25, 0.3) is 0 Å². The van der Waals surface area contributed by atoms with Gasteiger partial charge in [-0.15, -0.1) is 0 Å². The lowest BCUT2D eigenvalue weighted by molar-refractivity contribution is -0.114. The minimum Gasteiger partial charge on any atom is -0.326 e. The number of benzene rings is 1. The minimum atomic E-state index is -0.293. The van der Waals surface area contributed by atoms with Gasteiger partial charge in [0.05, 0.1) is 4.83 Å². The zero-order chi connectivity index (χ0) is 12.3. The molecule has 0 aromatic heterocycles. The van der Waals surface area contributed by atoms with Crippen molar-refractivity contribution in [1.82, 2.24) is 0 Å². The van der Waals surface area contributed by atoms with Gasteiger partial charge in [-0.25, -0.2) is 0 Å². The Bertz CT molecular complexity index is 406. The summed E-state index contributed by atoms with van der Waals surface area (Å²) in [4.78, 5) is 21.4. The van der Waals surface area contributed by atoms with E-state index in [1.807, 2.05) is 26.0 Å². The Balaban J connectivity index is 3.16. The molecule has 1 unspecified atom stereocenters. The van der Waals surface area contributed by atoms with Crippen molar-refractivity contribution < 1.29 is 9.59 Å². The van der Waals surface area contributed by atoms with Crippen LogP contribution in [-0.4, -0.2) is 12.2 Å². The van der Waals surface area contributed by atoms with Gasteiger partial charge in [-0.1, -0.05) is 15.9 Å². The number of carbonyl (C=O) groups excluding carboxylic acids is 2. The van der Waals surface area contributed by atoms with Crippen molar-refractivity contribution in [2.45, 2.75) is 25.6 Å². The number of anilines is 1. The first-order chi connectivity index (χ1) is 7.45. The van der Waals surface area contributed by atoms with Gasteiger partial charge < -0.3 is 10.1 Å². The first-order valence-electron chi connectivity index (χ1n) is 4.93. The Morgan fingerprint density at radius 2 is 1.88 bits per heavy atom. The van der Waals surface area contributed by atoms with Crippen LogP contribution in [-0.2, 0) is 9.59 Å². The molecule has 1 atom stereocenters. The van der Waals surface area contributed by atoms with Crippen LogP contribution in [0.2, 0.25) is 0 Å². The number of hydrogen-bond acceptors (Lipinski definition) is 2. The Morgan fingerprint density at radius 1 is 1.38 bits per heavy atom. The third kappa shape index (κ3) is 2.92. The minimum absolute atomic E-state index is 0.0997. The van der Waals surface area contributed by atoms with Gasteiger partial charge in [0, 0.05) is 12.6 Å². The second kappa shape index (κ2) is 5.25. The lowest BCUT2D eigenvalue weighted by Crippen LogP contribution is -2.07. The number of aryl methyl sites for hydroxylation is 2. The van der Waals surface area contributed by atoms with E-state index in [0.717, 1.165) is 28.7 Å². The molecule has 1 aromatic carbocycles. The van der Waals surface area contributed by atoms with E-state index in [0.29, 0.717) is 0 Å². The molecule has 0 saturated carbocycles. The number of hydrogen-bond donors (Lipinski definition) is 1. The van der Waals surface area contributed by atoms with Gasteiger partial charge in [-0.3, -0.25) is 4.79 Å². The van der Waals surface area contributed by atoms with E-state index in [1.165, 1.54) is 6.92 Å². The van der Waals surface area contributed by atoms with Gasteiger partial charge in [0.1, 0.15) is 6.29 Å². The summed E-state index contributed by atoms with van der Waals surface area (Å²) >= 11 is 3.31. The van der Waals surface area contributed by atoms with E-state index >= 15 is 0 Å². The summed E-state index contributed by atoms with van der Waals surface area (Å²) in [5.41, 5.74) is 3.69. The van der Waals surface area contributed by atoms with Crippen molar-refractivity contribution in [3.63, 3.8) is 0 Å². The quantitative estimate of drug-likeness (QED) is 0.685. The highest BCUT2D eigenvalue weighted by atomic mass is 79.9. The van der Waals surface area contributed by atoms with Gasteiger partial charge in [-0.2, -0.15) is 0 Å². The molecule has 3 nitrogen and oxygen atoms in total. The van der Waals surface area contributed by atoms with Crippen LogP contribution in [0.15, 0.2) is 12.1 Å². The second-order valence-corrected chi connectivity index (χ2v) is 4.73. The van der Waals surface area contributed by atoms with Crippen LogP contribution in [0, 0.1) is 13.8 Å². The predicted molar refractivity (Wildman–Crippen MR) is 68.0 cm³/mol. The average molecular weight is 284 g/mol. The number of amides is 1. The fraction of sp³-hybridized carbons (Fsp3) is 0.333. The molecule has 0 aliphatic heterocycles. The maximum atomic E-state index is 10.9. The van der Waals surface area contributed by atoms with Crippen LogP contribution in [0.3, 0.4) is 0 Å². The summed E-state index contributed by atoms with van der Waals surface area (Å²) < 4.78 is 0. The molecule has 0 heterocycles. The summed E-state index contributed by atoms with van der Waals surface area (Å²) in [5.74, 6) is -0.0997. The third-order valence-electron chi connectivity index (χ3n) is 2.31. The van der Waals surface area contributed by atoms with E-state index in [4.69, 9.17) is 0 Å². The lowest BCUT2D eigenvalue weighted by atomic mass is 9.99. The summed E-state index contributed by atoms with van der Waals surface area (Å²) in [6.45, 7) is 5.31. The van der Waals surface area contributed by atoms with Gasteiger partial charge in [0.2, 0.25) is 5.91 Å². The standard InChI is InChI=1S/C12H14BrNO2/c1-7-4-10(14-9(3)16)5-8(2)12(7)11(13)6-15/h4-6,11H,1-3H3,(H,14,16). The third-order valence-corrected chi connectivity index (χ3v) is 2.98. The summed E-state index contributed by atoms with van der Waals surface area (Å²) in [6, 6.07) is 3.73. The van der Waals surface area contributed by atoms with Crippen molar-refractivity contribution in [2.24, 2.45) is 0 Å². The Hall–Kier alpha value is -1.16. The Kier molecular flexibility index (Phi) is 4.24. The number of rotatable bonds is 3. The number of nitrogens with one attached hydrogen (secondary N) is 1. The summed E-state index contributed by atoms with van der Waals surface area (Å²) in [7, 11) is 0. The highest BCUT2D eigenvalue weighted by molar-refractivity contribution is 9.09. The van der Waals surface area contributed by atoms with Crippen molar-refractivity contribution >= 4 is 33.8 Å². The highest BCUT2D eigenvalue weighted by Gasteiger charge is 2.13. The van der Waals surface area contributed by atoms with Gasteiger partial charge >= 0.3 is 0 Å². The zero-order valence-electron chi connectivity index (χ0n) is 9.50. The molecule has 0 bridgehead atoms. The molecule has 0 saturated heterocycles. The molecule has 0 spiro atoms. The van der Waals surface area contributed by atoms with E-state index in [-0.39, 0.29) is 10.7 Å². The molecular formula is C12H14BrNO2. The molecule has 1 aromatic rings. The topological polar surface area (TPSA) is 46.2 Å². The van der Waals surface area contributed by atoms with Gasteiger partial charge in [-0.05, 0) is 42.7 Å². The van der Waals surface area contributed by atoms with Crippen molar-refractivity contribution in [1.29, 1.82) is 0 Å². The second-order valence-electron chi connectivity index (χ2n) is 3.74. The summed E-state index contributed by atoms with van der Waals surface area (Å²) in [5, 5.41) is 2.73. The molecule has 0 radical (unpaired) electrons. The average Bonchev–Trinajstić information content (AvgIpc) is 2.15. The normalized spacial score (nSPS) is 12.0. The van der Waals surface area contributed by atoms with E-state index in [9.17, 15) is 9.59 Å². The highest BCUT2D eigenvalue weighted by Crippen LogP contribution is 2.29. The molecule has 1 amide bonds. The SMILES string of the molecule is CC(=O)Nc1cc(C)c(C(Br)C=O)c(C)c1. The number of aldehydes is 1. The van der Waals surface area contributed by atoms with Crippen LogP contribution in [0.5, 0.6) is 0 Å². The number of alkyl halides is 1. The van der Waals surface area contributed by atoms with E-state index in [2.05, 4.69) is 21.2 Å². The number of carbonyl (C=O) groups is 2. The molecule has 16 heavy (non-hydrogen) atoms. The molecular weight excluding hydrogens is 270 g/mol. The van der Waals surface area contributed by atoms with Crippen LogP contribution >= 0.6 is 15.9 Å². The lowest BCUT2D eigenvalue weighted by Gasteiger charge is -2.14. The zero-order valence-corrected chi connectivity index (χ0v) is 11.1. The molecule has 4 heteroatoms. The molecule has 0 aliphatic carbocycles. The van der Waals surface area contributed by atoms with Crippen LogP contribution in [0.1, 0.15) is 28.4 Å². The number of halogens is 1. The first kappa shape index (κ1) is 12.9. The summed E-state index contributed by atoms with van der Waals surface area (Å²) in [6.07, 6.45) is 0.855. The molecule has 1 N–H and O–H groups in total. The fourth-order valence-electron chi connectivity index (χ4n) is 1.75. The molecule has 1 rings (SSSR count). The van der Waals surface area contributed by atoms with E-state index in [1.54, 1.807) is 0 Å².